The van der Waals surface area contributed by atoms with Crippen molar-refractivity contribution in [2.45, 2.75) is 6.04 Å². The van der Waals surface area contributed by atoms with Gasteiger partial charge >= 0.3 is 0 Å². The van der Waals surface area contributed by atoms with Gasteiger partial charge in [0.05, 0.1) is 11.6 Å². The molecule has 0 amide bonds. The maximum atomic E-state index is 8.91. The Balaban J connectivity index is 2.08. The van der Waals surface area contributed by atoms with Crippen LogP contribution in [-0.4, -0.2) is 14.8 Å². The molecule has 21 heavy (non-hydrogen) atoms. The van der Waals surface area contributed by atoms with Crippen molar-refractivity contribution in [2.75, 3.05) is 0 Å². The van der Waals surface area contributed by atoms with Crippen molar-refractivity contribution in [1.29, 1.82) is 5.26 Å². The molecule has 0 aliphatic heterocycles. The minimum Gasteiger partial charge on any atom is -0.325 e. The highest BCUT2D eigenvalue weighted by Crippen LogP contribution is 2.26. The van der Waals surface area contributed by atoms with Crippen LogP contribution in [0.4, 0.5) is 5.69 Å². The number of hydrogen-bond donors (Lipinski definition) is 1. The molecule has 3 N–H and O–H groups in total. The molecule has 0 radical (unpaired) electrons. The summed E-state index contributed by atoms with van der Waals surface area (Å²) in [7, 11) is 0. The van der Waals surface area contributed by atoms with Gasteiger partial charge in [0, 0.05) is 0 Å². The van der Waals surface area contributed by atoms with Crippen LogP contribution in [0.3, 0.4) is 0 Å². The molecule has 0 bridgehead atoms. The summed E-state index contributed by atoms with van der Waals surface area (Å²) in [5, 5.41) is 13.2. The van der Waals surface area contributed by atoms with E-state index >= 15 is 0 Å². The minimum atomic E-state index is -0.0687. The Hall–Kier alpha value is -2.97. The lowest BCUT2D eigenvalue weighted by Gasteiger charge is -2.18. The van der Waals surface area contributed by atoms with Gasteiger partial charge in [-0.2, -0.15) is 10.4 Å². The number of rotatable bonds is 3. The maximum Gasteiger partial charge on any atom is 0.137 e. The Morgan fingerprint density at radius 1 is 1.00 bits per heavy atom. The lowest BCUT2D eigenvalue weighted by Crippen LogP contribution is -2.39. The highest BCUT2D eigenvalue weighted by Gasteiger charge is 2.17. The number of nitrogens with zero attached hydrogens (tertiary/aromatic N) is 4. The SMILES string of the molecule is N#Cc1ccc(C(c2ccc([NH3+])cc2)n2cncn2)cc1. The van der Waals surface area contributed by atoms with Gasteiger partial charge in [0.25, 0.3) is 0 Å². The van der Waals surface area contributed by atoms with E-state index in [1.54, 1.807) is 11.0 Å². The van der Waals surface area contributed by atoms with Crippen molar-refractivity contribution in [2.24, 2.45) is 0 Å². The summed E-state index contributed by atoms with van der Waals surface area (Å²) in [5.41, 5.74) is 7.67. The van der Waals surface area contributed by atoms with Gasteiger partial charge in [-0.05, 0) is 35.4 Å². The molecule has 3 aromatic rings. The Bertz CT molecular complexity index is 752. The van der Waals surface area contributed by atoms with Crippen LogP contribution in [0.15, 0.2) is 61.2 Å². The molecule has 1 atom stereocenters. The highest BCUT2D eigenvalue weighted by atomic mass is 15.3. The van der Waals surface area contributed by atoms with Gasteiger partial charge in [-0.25, -0.2) is 9.67 Å². The summed E-state index contributed by atoms with van der Waals surface area (Å²) in [6.45, 7) is 0. The van der Waals surface area contributed by atoms with Gasteiger partial charge in [-0.3, -0.25) is 0 Å². The number of quaternary nitrogens is 1. The first-order valence-electron chi connectivity index (χ1n) is 6.54. The van der Waals surface area contributed by atoms with Crippen molar-refractivity contribution in [3.63, 3.8) is 0 Å². The van der Waals surface area contributed by atoms with Gasteiger partial charge in [-0.15, -0.1) is 0 Å². The molecule has 1 unspecified atom stereocenters. The summed E-state index contributed by atoms with van der Waals surface area (Å²) in [4.78, 5) is 4.03. The zero-order valence-electron chi connectivity index (χ0n) is 11.3. The second-order valence-corrected chi connectivity index (χ2v) is 4.75. The van der Waals surface area contributed by atoms with E-state index in [9.17, 15) is 0 Å². The molecule has 5 heteroatoms. The molecule has 102 valence electrons. The van der Waals surface area contributed by atoms with E-state index in [4.69, 9.17) is 5.26 Å². The molecular formula is C16H14N5+. The molecule has 0 aliphatic rings. The van der Waals surface area contributed by atoms with Crippen molar-refractivity contribution >= 4 is 5.69 Å². The van der Waals surface area contributed by atoms with E-state index in [0.29, 0.717) is 5.56 Å². The van der Waals surface area contributed by atoms with Gasteiger partial charge in [0.15, 0.2) is 0 Å². The Morgan fingerprint density at radius 2 is 1.62 bits per heavy atom. The second kappa shape index (κ2) is 5.57. The standard InChI is InChI=1S/C16H13N5/c17-9-12-1-3-13(4-2-12)16(21-11-19-10-20-21)14-5-7-15(18)8-6-14/h1-8,10-11,16H,18H2/p+1. The van der Waals surface area contributed by atoms with Gasteiger partial charge in [0.1, 0.15) is 24.4 Å². The Morgan fingerprint density at radius 3 is 2.14 bits per heavy atom. The third kappa shape index (κ3) is 2.66. The molecule has 3 rings (SSSR count). The maximum absolute atomic E-state index is 8.91. The monoisotopic (exact) mass is 276 g/mol. The van der Waals surface area contributed by atoms with Crippen LogP contribution >= 0.6 is 0 Å². The lowest BCUT2D eigenvalue weighted by molar-refractivity contribution is -0.254. The van der Waals surface area contributed by atoms with Crippen LogP contribution in [0.2, 0.25) is 0 Å². The predicted molar refractivity (Wildman–Crippen MR) is 77.4 cm³/mol. The third-order valence-corrected chi connectivity index (χ3v) is 3.35. The van der Waals surface area contributed by atoms with Crippen molar-refractivity contribution in [1.82, 2.24) is 14.8 Å². The molecule has 2 aromatic carbocycles. The number of nitriles is 1. The summed E-state index contributed by atoms with van der Waals surface area (Å²) in [5.74, 6) is 0. The number of benzene rings is 2. The Labute approximate surface area is 122 Å². The summed E-state index contributed by atoms with van der Waals surface area (Å²) in [6.07, 6.45) is 3.22. The van der Waals surface area contributed by atoms with E-state index < -0.39 is 0 Å². The average Bonchev–Trinajstić information content (AvgIpc) is 3.04. The Kier molecular flexibility index (Phi) is 3.46. The fourth-order valence-electron chi connectivity index (χ4n) is 2.29. The topological polar surface area (TPSA) is 82.1 Å². The van der Waals surface area contributed by atoms with Crippen LogP contribution < -0.4 is 5.73 Å². The van der Waals surface area contributed by atoms with Crippen LogP contribution in [0.5, 0.6) is 0 Å². The predicted octanol–water partition coefficient (Wildman–Crippen LogP) is 1.66. The average molecular weight is 276 g/mol. The zero-order chi connectivity index (χ0) is 14.7. The van der Waals surface area contributed by atoms with E-state index in [2.05, 4.69) is 21.9 Å². The lowest BCUT2D eigenvalue weighted by atomic mass is 9.98. The van der Waals surface area contributed by atoms with Crippen LogP contribution in [-0.2, 0) is 0 Å². The second-order valence-electron chi connectivity index (χ2n) is 4.75. The van der Waals surface area contributed by atoms with E-state index in [1.807, 2.05) is 48.5 Å². The smallest absolute Gasteiger partial charge is 0.137 e. The van der Waals surface area contributed by atoms with Crippen LogP contribution in [0.1, 0.15) is 22.7 Å². The molecule has 0 saturated carbocycles. The molecule has 0 saturated heterocycles. The first kappa shape index (κ1) is 13.0. The van der Waals surface area contributed by atoms with Crippen LogP contribution in [0.25, 0.3) is 0 Å². The van der Waals surface area contributed by atoms with Gasteiger partial charge in [-0.1, -0.05) is 24.3 Å². The summed E-state index contributed by atoms with van der Waals surface area (Å²) < 4.78 is 1.81. The third-order valence-electron chi connectivity index (χ3n) is 3.35. The molecule has 1 heterocycles. The molecule has 1 aromatic heterocycles. The first-order valence-corrected chi connectivity index (χ1v) is 6.54. The van der Waals surface area contributed by atoms with Crippen molar-refractivity contribution in [3.8, 4) is 6.07 Å². The molecule has 0 spiro atoms. The number of hydrogen-bond acceptors (Lipinski definition) is 3. The van der Waals surface area contributed by atoms with Gasteiger partial charge in [0.2, 0.25) is 0 Å². The van der Waals surface area contributed by atoms with Crippen molar-refractivity contribution < 1.29 is 5.73 Å². The zero-order valence-corrected chi connectivity index (χ0v) is 11.3. The van der Waals surface area contributed by atoms with E-state index in [-0.39, 0.29) is 6.04 Å². The molecule has 5 nitrogen and oxygen atoms in total. The van der Waals surface area contributed by atoms with E-state index in [1.165, 1.54) is 6.33 Å². The fourth-order valence-corrected chi connectivity index (χ4v) is 2.29. The van der Waals surface area contributed by atoms with E-state index in [0.717, 1.165) is 16.8 Å². The normalized spacial score (nSPS) is 11.8. The molecular weight excluding hydrogens is 262 g/mol. The highest BCUT2D eigenvalue weighted by molar-refractivity contribution is 5.40. The number of aromatic nitrogens is 3. The molecule has 0 aliphatic carbocycles. The molecule has 0 fully saturated rings. The quantitative estimate of drug-likeness (QED) is 0.789. The summed E-state index contributed by atoms with van der Waals surface area (Å²) >= 11 is 0. The fraction of sp³-hybridized carbons (Fsp3) is 0.0625. The largest absolute Gasteiger partial charge is 0.325 e. The summed E-state index contributed by atoms with van der Waals surface area (Å²) in [6, 6.07) is 17.6. The minimum absolute atomic E-state index is 0.0687. The van der Waals surface area contributed by atoms with Crippen LogP contribution in [0, 0.1) is 11.3 Å². The van der Waals surface area contributed by atoms with Gasteiger partial charge < -0.3 is 5.73 Å². The van der Waals surface area contributed by atoms with Crippen molar-refractivity contribution in [3.05, 3.63) is 77.9 Å². The first-order chi connectivity index (χ1) is 10.3.